The van der Waals surface area contributed by atoms with E-state index in [0.717, 1.165) is 34.0 Å². The summed E-state index contributed by atoms with van der Waals surface area (Å²) in [5, 5.41) is 0. The van der Waals surface area contributed by atoms with Crippen molar-refractivity contribution in [1.29, 1.82) is 0 Å². The molecule has 0 spiro atoms. The summed E-state index contributed by atoms with van der Waals surface area (Å²) in [7, 11) is 0. The summed E-state index contributed by atoms with van der Waals surface area (Å²) in [6.45, 7) is 1.35. The second-order valence-corrected chi connectivity index (χ2v) is 6.69. The van der Waals surface area contributed by atoms with Gasteiger partial charge in [-0.05, 0) is 58.7 Å². The van der Waals surface area contributed by atoms with Crippen molar-refractivity contribution in [3.63, 3.8) is 0 Å². The quantitative estimate of drug-likeness (QED) is 0.612. The molecule has 0 aliphatic heterocycles. The van der Waals surface area contributed by atoms with Gasteiger partial charge < -0.3 is 9.47 Å². The third-order valence-electron chi connectivity index (χ3n) is 3.62. The molecule has 1 aliphatic carbocycles. The zero-order chi connectivity index (χ0) is 14.5. The standard InChI is InChI=1S/C18H19IO2/c19-16-8-9-17(20-11-10-14-6-7-14)18(12-16)21-13-15-4-2-1-3-5-15/h1-5,8-9,12,14H,6-7,10-11,13H2. The smallest absolute Gasteiger partial charge is 0.162 e. The van der Waals surface area contributed by atoms with E-state index in [0.29, 0.717) is 6.61 Å². The molecule has 1 saturated carbocycles. The molecule has 0 amide bonds. The molecule has 1 fully saturated rings. The molecule has 0 saturated heterocycles. The van der Waals surface area contributed by atoms with Crippen LogP contribution in [0.3, 0.4) is 0 Å². The molecule has 0 N–H and O–H groups in total. The van der Waals surface area contributed by atoms with Gasteiger partial charge in [-0.25, -0.2) is 0 Å². The molecule has 21 heavy (non-hydrogen) atoms. The number of halogens is 1. The highest BCUT2D eigenvalue weighted by molar-refractivity contribution is 14.1. The van der Waals surface area contributed by atoms with Crippen molar-refractivity contribution in [3.05, 3.63) is 57.7 Å². The van der Waals surface area contributed by atoms with Crippen molar-refractivity contribution in [1.82, 2.24) is 0 Å². The van der Waals surface area contributed by atoms with Crippen LogP contribution >= 0.6 is 22.6 Å². The number of hydrogen-bond donors (Lipinski definition) is 0. The summed E-state index contributed by atoms with van der Waals surface area (Å²) in [5.74, 6) is 2.58. The van der Waals surface area contributed by atoms with Gasteiger partial charge in [0, 0.05) is 3.57 Å². The van der Waals surface area contributed by atoms with Gasteiger partial charge in [-0.1, -0.05) is 43.2 Å². The first-order valence-electron chi connectivity index (χ1n) is 7.40. The minimum absolute atomic E-state index is 0.569. The van der Waals surface area contributed by atoms with Crippen molar-refractivity contribution in [2.75, 3.05) is 6.61 Å². The van der Waals surface area contributed by atoms with Crippen LogP contribution in [0, 0.1) is 9.49 Å². The lowest BCUT2D eigenvalue weighted by Crippen LogP contribution is -2.02. The first-order valence-corrected chi connectivity index (χ1v) is 8.48. The summed E-state index contributed by atoms with van der Waals surface area (Å²) >= 11 is 2.30. The van der Waals surface area contributed by atoms with Crippen molar-refractivity contribution in [2.45, 2.75) is 25.9 Å². The van der Waals surface area contributed by atoms with Crippen LogP contribution in [-0.4, -0.2) is 6.61 Å². The average molecular weight is 394 g/mol. The maximum Gasteiger partial charge on any atom is 0.162 e. The van der Waals surface area contributed by atoms with Crippen LogP contribution in [0.2, 0.25) is 0 Å². The predicted molar refractivity (Wildman–Crippen MR) is 92.8 cm³/mol. The van der Waals surface area contributed by atoms with E-state index in [-0.39, 0.29) is 0 Å². The van der Waals surface area contributed by atoms with Gasteiger partial charge in [0.15, 0.2) is 11.5 Å². The molecule has 0 atom stereocenters. The Morgan fingerprint density at radius 2 is 1.76 bits per heavy atom. The number of rotatable bonds is 7. The molecule has 0 unspecified atom stereocenters. The molecular weight excluding hydrogens is 375 g/mol. The van der Waals surface area contributed by atoms with Crippen LogP contribution in [0.15, 0.2) is 48.5 Å². The molecular formula is C18H19IO2. The van der Waals surface area contributed by atoms with Crippen LogP contribution in [0.5, 0.6) is 11.5 Å². The SMILES string of the molecule is Ic1ccc(OCCC2CC2)c(OCc2ccccc2)c1. The Hall–Kier alpha value is -1.23. The molecule has 0 radical (unpaired) electrons. The van der Waals surface area contributed by atoms with Gasteiger partial charge in [-0.3, -0.25) is 0 Å². The fourth-order valence-corrected chi connectivity index (χ4v) is 2.65. The summed E-state index contributed by atoms with van der Waals surface area (Å²) in [5.41, 5.74) is 1.17. The Labute approximate surface area is 139 Å². The van der Waals surface area contributed by atoms with E-state index in [1.807, 2.05) is 30.3 Å². The fraction of sp³-hybridized carbons (Fsp3) is 0.333. The number of benzene rings is 2. The molecule has 2 aromatic rings. The van der Waals surface area contributed by atoms with Gasteiger partial charge >= 0.3 is 0 Å². The normalized spacial score (nSPS) is 14.0. The second kappa shape index (κ2) is 7.16. The van der Waals surface area contributed by atoms with Crippen molar-refractivity contribution in [3.8, 4) is 11.5 Å². The molecule has 0 aromatic heterocycles. The highest BCUT2D eigenvalue weighted by atomic mass is 127. The third-order valence-corrected chi connectivity index (χ3v) is 4.29. The minimum Gasteiger partial charge on any atom is -0.490 e. The van der Waals surface area contributed by atoms with E-state index in [2.05, 4.69) is 40.8 Å². The lowest BCUT2D eigenvalue weighted by atomic mass is 10.2. The molecule has 3 heteroatoms. The molecule has 0 bridgehead atoms. The summed E-state index contributed by atoms with van der Waals surface area (Å²) in [6, 6.07) is 16.3. The Bertz CT molecular complexity index is 579. The summed E-state index contributed by atoms with van der Waals surface area (Å²) < 4.78 is 13.0. The zero-order valence-corrected chi connectivity index (χ0v) is 14.1. The van der Waals surface area contributed by atoms with Gasteiger partial charge in [0.2, 0.25) is 0 Å². The van der Waals surface area contributed by atoms with Gasteiger partial charge in [-0.2, -0.15) is 0 Å². The summed E-state index contributed by atoms with van der Waals surface area (Å²) in [4.78, 5) is 0. The maximum absolute atomic E-state index is 5.95. The lowest BCUT2D eigenvalue weighted by Gasteiger charge is -2.13. The van der Waals surface area contributed by atoms with Crippen molar-refractivity contribution >= 4 is 22.6 Å². The molecule has 2 nitrogen and oxygen atoms in total. The zero-order valence-electron chi connectivity index (χ0n) is 11.9. The molecule has 2 aromatic carbocycles. The van der Waals surface area contributed by atoms with Crippen molar-refractivity contribution < 1.29 is 9.47 Å². The molecule has 110 valence electrons. The topological polar surface area (TPSA) is 18.5 Å². The van der Waals surface area contributed by atoms with Gasteiger partial charge in [0.1, 0.15) is 6.61 Å². The highest BCUT2D eigenvalue weighted by Gasteiger charge is 2.21. The van der Waals surface area contributed by atoms with Crippen LogP contribution in [-0.2, 0) is 6.61 Å². The van der Waals surface area contributed by atoms with E-state index in [9.17, 15) is 0 Å². The Kier molecular flexibility index (Phi) is 5.01. The van der Waals surface area contributed by atoms with E-state index in [4.69, 9.17) is 9.47 Å². The van der Waals surface area contributed by atoms with E-state index in [1.54, 1.807) is 0 Å². The van der Waals surface area contributed by atoms with E-state index in [1.165, 1.54) is 18.4 Å². The molecule has 1 aliphatic rings. The number of ether oxygens (including phenoxy) is 2. The summed E-state index contributed by atoms with van der Waals surface area (Å²) in [6.07, 6.45) is 3.89. The van der Waals surface area contributed by atoms with Crippen LogP contribution in [0.4, 0.5) is 0 Å². The van der Waals surface area contributed by atoms with Gasteiger partial charge in [0.25, 0.3) is 0 Å². The van der Waals surface area contributed by atoms with Crippen molar-refractivity contribution in [2.24, 2.45) is 5.92 Å². The fourth-order valence-electron chi connectivity index (χ4n) is 2.19. The largest absolute Gasteiger partial charge is 0.490 e. The predicted octanol–water partition coefficient (Wildman–Crippen LogP) is 5.05. The lowest BCUT2D eigenvalue weighted by molar-refractivity contribution is 0.256. The van der Waals surface area contributed by atoms with Crippen LogP contribution < -0.4 is 9.47 Å². The maximum atomic E-state index is 5.95. The van der Waals surface area contributed by atoms with Crippen LogP contribution in [0.1, 0.15) is 24.8 Å². The van der Waals surface area contributed by atoms with Crippen LogP contribution in [0.25, 0.3) is 0 Å². The van der Waals surface area contributed by atoms with E-state index < -0.39 is 0 Å². The average Bonchev–Trinajstić information content (AvgIpc) is 3.32. The van der Waals surface area contributed by atoms with E-state index >= 15 is 0 Å². The highest BCUT2D eigenvalue weighted by Crippen LogP contribution is 2.34. The Morgan fingerprint density at radius 3 is 2.52 bits per heavy atom. The van der Waals surface area contributed by atoms with Gasteiger partial charge in [-0.15, -0.1) is 0 Å². The molecule has 3 rings (SSSR count). The second-order valence-electron chi connectivity index (χ2n) is 5.45. The minimum atomic E-state index is 0.569. The monoisotopic (exact) mass is 394 g/mol. The Balaban J connectivity index is 1.62. The number of hydrogen-bond acceptors (Lipinski definition) is 2. The first kappa shape index (κ1) is 14.7. The van der Waals surface area contributed by atoms with Gasteiger partial charge in [0.05, 0.1) is 6.61 Å². The Morgan fingerprint density at radius 1 is 0.952 bits per heavy atom. The third kappa shape index (κ3) is 4.63. The molecule has 0 heterocycles. The first-order chi connectivity index (χ1) is 10.3.